The van der Waals surface area contributed by atoms with Crippen molar-refractivity contribution in [2.24, 2.45) is 0 Å². The molecule has 5 nitrogen and oxygen atoms in total. The molecule has 0 saturated carbocycles. The molecule has 0 spiro atoms. The summed E-state index contributed by atoms with van der Waals surface area (Å²) < 4.78 is 0. The lowest BCUT2D eigenvalue weighted by Crippen LogP contribution is -2.18. The number of nitrogens with one attached hydrogen (secondary N) is 2. The summed E-state index contributed by atoms with van der Waals surface area (Å²) in [6, 6.07) is 26.1. The standard InChI is InChI=1S/C35H19N5S/c36-26-18-17-25-29(30(26)37)23-16-15-22(19-27(23)38-31(25)20-9-3-1-4-10-20)35-39-32(21-11-5-2-6-12-21)34-33(40-35)24-13-7-8-14-28(24)41-34/h1-6,9-16,19,24,28,36-37H. The Kier molecular flexibility index (Phi) is 5.25. The van der Waals surface area contributed by atoms with Crippen LogP contribution in [0.25, 0.3) is 44.8 Å². The maximum absolute atomic E-state index is 8.73. The first kappa shape index (κ1) is 23.6. The maximum atomic E-state index is 8.73. The van der Waals surface area contributed by atoms with Gasteiger partial charge in [-0.25, -0.2) is 15.0 Å². The molecule has 6 heteroatoms. The Bertz CT molecular complexity index is 2140. The van der Waals surface area contributed by atoms with Gasteiger partial charge in [-0.05, 0) is 24.1 Å². The van der Waals surface area contributed by atoms with Crippen molar-refractivity contribution in [3.05, 3.63) is 119 Å². The Balaban J connectivity index is 1.36. The van der Waals surface area contributed by atoms with Crippen molar-refractivity contribution in [3.8, 4) is 45.7 Å². The second-order valence-corrected chi connectivity index (χ2v) is 11.2. The van der Waals surface area contributed by atoms with Crippen molar-refractivity contribution in [2.45, 2.75) is 16.1 Å². The van der Waals surface area contributed by atoms with E-state index in [-0.39, 0.29) is 22.6 Å². The highest BCUT2D eigenvalue weighted by Gasteiger charge is 2.36. The third-order valence-corrected chi connectivity index (χ3v) is 8.90. The lowest BCUT2D eigenvalue weighted by molar-refractivity contribution is 0.833. The molecule has 0 amide bonds. The van der Waals surface area contributed by atoms with Crippen molar-refractivity contribution < 1.29 is 0 Å². The van der Waals surface area contributed by atoms with Gasteiger partial charge in [-0.1, -0.05) is 90.2 Å². The van der Waals surface area contributed by atoms with E-state index in [4.69, 9.17) is 25.8 Å². The van der Waals surface area contributed by atoms with Crippen LogP contribution in [0.2, 0.25) is 0 Å². The quantitative estimate of drug-likeness (QED) is 0.187. The number of hydrogen-bond acceptors (Lipinski definition) is 6. The summed E-state index contributed by atoms with van der Waals surface area (Å²) in [6.45, 7) is 0. The van der Waals surface area contributed by atoms with Gasteiger partial charge in [0.1, 0.15) is 5.71 Å². The summed E-state index contributed by atoms with van der Waals surface area (Å²) in [5.41, 5.74) is 13.9. The summed E-state index contributed by atoms with van der Waals surface area (Å²) >= 11 is 1.78. The minimum absolute atomic E-state index is 0.0123. The number of rotatable bonds is 3. The van der Waals surface area contributed by atoms with Gasteiger partial charge in [-0.3, -0.25) is 10.8 Å². The molecule has 41 heavy (non-hydrogen) atoms. The van der Waals surface area contributed by atoms with Gasteiger partial charge in [-0.2, -0.15) is 0 Å². The Labute approximate surface area is 240 Å². The molecule has 3 aliphatic rings. The van der Waals surface area contributed by atoms with E-state index in [0.717, 1.165) is 38.4 Å². The minimum atomic E-state index is 0.0123. The van der Waals surface area contributed by atoms with E-state index in [1.165, 1.54) is 0 Å². The molecular weight excluding hydrogens is 522 g/mol. The van der Waals surface area contributed by atoms with Crippen LogP contribution in [0.15, 0.2) is 107 Å². The van der Waals surface area contributed by atoms with Crippen LogP contribution in [0.5, 0.6) is 0 Å². The predicted octanol–water partition coefficient (Wildman–Crippen LogP) is 7.22. The Morgan fingerprint density at radius 2 is 1.44 bits per heavy atom. The molecule has 0 fully saturated rings. The SMILES string of the molecule is N=C1C#Cc2c(-c3ccccc3)nc3cc(-c4nc(-c5ccccc5)c5c(n4)C4C=C=C=CC4S5)ccc3c2C1=N. The molecule has 5 aromatic rings. The van der Waals surface area contributed by atoms with E-state index < -0.39 is 0 Å². The lowest BCUT2D eigenvalue weighted by Gasteiger charge is -2.17. The van der Waals surface area contributed by atoms with Crippen LogP contribution in [0.4, 0.5) is 0 Å². The van der Waals surface area contributed by atoms with E-state index in [1.54, 1.807) is 11.8 Å². The fourth-order valence-corrected chi connectivity index (χ4v) is 6.92. The number of thioether (sulfide) groups is 1. The summed E-state index contributed by atoms with van der Waals surface area (Å²) in [5.74, 6) is 6.64. The van der Waals surface area contributed by atoms with Crippen LogP contribution in [0.1, 0.15) is 22.7 Å². The molecular formula is C35H19N5S. The average molecular weight is 542 g/mol. The molecule has 2 atom stereocenters. The molecule has 2 unspecified atom stereocenters. The fraction of sp³-hybridized carbons (Fsp3) is 0.0571. The number of pyridine rings is 1. The Hall–Kier alpha value is -5.30. The highest BCUT2D eigenvalue weighted by Crippen LogP contribution is 2.50. The first-order valence-electron chi connectivity index (χ1n) is 13.2. The zero-order valence-electron chi connectivity index (χ0n) is 21.6. The Morgan fingerprint density at radius 3 is 2.22 bits per heavy atom. The maximum Gasteiger partial charge on any atom is 0.160 e. The monoisotopic (exact) mass is 541 g/mol. The third kappa shape index (κ3) is 3.73. The van der Waals surface area contributed by atoms with Gasteiger partial charge in [-0.15, -0.1) is 11.8 Å². The number of fused-ring (bicyclic) bond motifs is 6. The second kappa shape index (κ2) is 9.13. The van der Waals surface area contributed by atoms with Crippen LogP contribution < -0.4 is 0 Å². The number of nitrogens with zero attached hydrogens (tertiary/aromatic N) is 3. The molecule has 0 radical (unpaired) electrons. The molecule has 1 aliphatic heterocycles. The molecule has 0 bridgehead atoms. The number of benzene rings is 3. The minimum Gasteiger partial charge on any atom is -0.297 e. The topological polar surface area (TPSA) is 86.4 Å². The first-order valence-corrected chi connectivity index (χ1v) is 14.1. The van der Waals surface area contributed by atoms with Crippen molar-refractivity contribution in [2.75, 3.05) is 0 Å². The van der Waals surface area contributed by atoms with Crippen LogP contribution in [0, 0.1) is 22.7 Å². The zero-order valence-corrected chi connectivity index (χ0v) is 22.4. The van der Waals surface area contributed by atoms with Gasteiger partial charge in [0.05, 0.1) is 38.8 Å². The largest absolute Gasteiger partial charge is 0.297 e. The van der Waals surface area contributed by atoms with Crippen molar-refractivity contribution in [3.63, 3.8) is 0 Å². The number of aromatic nitrogens is 3. The summed E-state index contributed by atoms with van der Waals surface area (Å²) in [7, 11) is 0. The van der Waals surface area contributed by atoms with Gasteiger partial charge < -0.3 is 0 Å². The molecule has 3 aromatic carbocycles. The zero-order chi connectivity index (χ0) is 27.5. The van der Waals surface area contributed by atoms with Gasteiger partial charge in [0.15, 0.2) is 5.82 Å². The number of hydrogen-bond donors (Lipinski definition) is 2. The van der Waals surface area contributed by atoms with E-state index in [9.17, 15) is 0 Å². The second-order valence-electron chi connectivity index (χ2n) is 10.0. The Morgan fingerprint density at radius 1 is 0.707 bits per heavy atom. The molecule has 8 rings (SSSR count). The van der Waals surface area contributed by atoms with E-state index in [2.05, 4.69) is 47.6 Å². The molecule has 2 N–H and O–H groups in total. The van der Waals surface area contributed by atoms with E-state index in [1.807, 2.05) is 66.7 Å². The average Bonchev–Trinajstić information content (AvgIpc) is 3.41. The van der Waals surface area contributed by atoms with E-state index >= 15 is 0 Å². The molecule has 190 valence electrons. The smallest absolute Gasteiger partial charge is 0.160 e. The number of allylic oxidation sites excluding steroid dienone is 1. The molecule has 0 saturated heterocycles. The summed E-state index contributed by atoms with van der Waals surface area (Å²) in [5, 5.41) is 18.0. The van der Waals surface area contributed by atoms with Crippen LogP contribution >= 0.6 is 11.8 Å². The molecule has 3 heterocycles. The van der Waals surface area contributed by atoms with Crippen molar-refractivity contribution in [1.82, 2.24) is 15.0 Å². The van der Waals surface area contributed by atoms with Crippen molar-refractivity contribution in [1.29, 1.82) is 10.8 Å². The third-order valence-electron chi connectivity index (χ3n) is 7.56. The van der Waals surface area contributed by atoms with Crippen LogP contribution in [0.3, 0.4) is 0 Å². The van der Waals surface area contributed by atoms with Gasteiger partial charge in [0, 0.05) is 38.8 Å². The van der Waals surface area contributed by atoms with Gasteiger partial charge >= 0.3 is 0 Å². The predicted molar refractivity (Wildman–Crippen MR) is 164 cm³/mol. The molecule has 2 aliphatic carbocycles. The normalized spacial score (nSPS) is 17.7. The highest BCUT2D eigenvalue weighted by molar-refractivity contribution is 8.00. The van der Waals surface area contributed by atoms with Crippen molar-refractivity contribution >= 4 is 34.1 Å². The highest BCUT2D eigenvalue weighted by atomic mass is 32.2. The first-order chi connectivity index (χ1) is 20.2. The lowest BCUT2D eigenvalue weighted by atomic mass is 9.89. The summed E-state index contributed by atoms with van der Waals surface area (Å²) in [4.78, 5) is 16.4. The fourth-order valence-electron chi connectivity index (χ4n) is 5.58. The summed E-state index contributed by atoms with van der Waals surface area (Å²) in [6.07, 6.45) is 4.12. The van der Waals surface area contributed by atoms with Gasteiger partial charge in [0.2, 0.25) is 0 Å². The molecule has 2 aromatic heterocycles. The van der Waals surface area contributed by atoms with Gasteiger partial charge in [0.25, 0.3) is 0 Å². The van der Waals surface area contributed by atoms with E-state index in [0.29, 0.717) is 28.2 Å². The van der Waals surface area contributed by atoms with Crippen LogP contribution in [-0.4, -0.2) is 31.6 Å². The van der Waals surface area contributed by atoms with Crippen LogP contribution in [-0.2, 0) is 0 Å².